The Bertz CT molecular complexity index is 2430. The molecule has 9 aromatic rings. The highest BCUT2D eigenvalue weighted by atomic mass is 32.1. The summed E-state index contributed by atoms with van der Waals surface area (Å²) in [5.74, 6) is 0. The van der Waals surface area contributed by atoms with Crippen molar-refractivity contribution in [2.45, 2.75) is 0 Å². The Labute approximate surface area is 240 Å². The summed E-state index contributed by atoms with van der Waals surface area (Å²) in [5.41, 5.74) is 5.12. The lowest BCUT2D eigenvalue weighted by Crippen LogP contribution is -2.10. The van der Waals surface area contributed by atoms with Crippen LogP contribution in [0, 0.1) is 0 Å². The molecule has 0 radical (unpaired) electrons. The summed E-state index contributed by atoms with van der Waals surface area (Å²) in [7, 11) is 0. The van der Waals surface area contributed by atoms with Crippen LogP contribution in [0.25, 0.3) is 63.7 Å². The maximum absolute atomic E-state index is 6.31. The van der Waals surface area contributed by atoms with Crippen LogP contribution in [0.4, 0.5) is 17.1 Å². The molecule has 3 heteroatoms. The molecule has 0 saturated carbocycles. The van der Waals surface area contributed by atoms with Crippen LogP contribution in [0.1, 0.15) is 0 Å². The smallest absolute Gasteiger partial charge is 0.137 e. The second kappa shape index (κ2) is 8.69. The summed E-state index contributed by atoms with van der Waals surface area (Å²) in [6.07, 6.45) is 0. The summed E-state index contributed by atoms with van der Waals surface area (Å²) in [5, 5.41) is 10.0. The number of furan rings is 1. The fraction of sp³-hybridized carbons (Fsp3) is 0. The standard InChI is InChI=1S/C38H23NOS/c1-2-9-25(10-3-1)39(26-19-22-29-28-11-4-6-15-34(28)40-35(29)23-26)33-14-8-13-31-27(33)20-17-24-18-21-32-30-12-5-7-16-36(30)41-38(32)37(24)31/h1-23H. The van der Waals surface area contributed by atoms with Gasteiger partial charge in [-0.1, -0.05) is 91.0 Å². The molecule has 2 nitrogen and oxygen atoms in total. The van der Waals surface area contributed by atoms with Gasteiger partial charge in [-0.3, -0.25) is 0 Å². The Morgan fingerprint density at radius 1 is 0.463 bits per heavy atom. The molecule has 0 amide bonds. The lowest BCUT2D eigenvalue weighted by molar-refractivity contribution is 0.669. The van der Waals surface area contributed by atoms with Gasteiger partial charge in [-0.05, 0) is 53.2 Å². The van der Waals surface area contributed by atoms with E-state index >= 15 is 0 Å². The molecule has 0 aliphatic carbocycles. The number of fused-ring (bicyclic) bond motifs is 10. The van der Waals surface area contributed by atoms with E-state index in [9.17, 15) is 0 Å². The van der Waals surface area contributed by atoms with Crippen molar-refractivity contribution in [2.24, 2.45) is 0 Å². The van der Waals surface area contributed by atoms with Crippen LogP contribution >= 0.6 is 11.3 Å². The van der Waals surface area contributed by atoms with Gasteiger partial charge in [0.25, 0.3) is 0 Å². The second-order valence-electron chi connectivity index (χ2n) is 10.5. The molecule has 7 aromatic carbocycles. The van der Waals surface area contributed by atoms with Gasteiger partial charge in [-0.2, -0.15) is 0 Å². The highest BCUT2D eigenvalue weighted by molar-refractivity contribution is 7.26. The lowest BCUT2D eigenvalue weighted by Gasteiger charge is -2.27. The van der Waals surface area contributed by atoms with Gasteiger partial charge in [0.1, 0.15) is 11.2 Å². The van der Waals surface area contributed by atoms with E-state index in [2.05, 4.69) is 132 Å². The fourth-order valence-corrected chi connectivity index (χ4v) is 7.67. The molecule has 0 fully saturated rings. The molecule has 0 bridgehead atoms. The molecule has 0 aliphatic rings. The molecule has 2 heterocycles. The third-order valence-electron chi connectivity index (χ3n) is 8.24. The molecular weight excluding hydrogens is 518 g/mol. The molecule has 41 heavy (non-hydrogen) atoms. The van der Waals surface area contributed by atoms with Crippen molar-refractivity contribution in [1.29, 1.82) is 0 Å². The van der Waals surface area contributed by atoms with E-state index in [1.807, 2.05) is 23.5 Å². The van der Waals surface area contributed by atoms with Crippen LogP contribution in [0.15, 0.2) is 144 Å². The maximum atomic E-state index is 6.31. The van der Waals surface area contributed by atoms with Crippen LogP contribution in [0.2, 0.25) is 0 Å². The molecule has 0 aliphatic heterocycles. The van der Waals surface area contributed by atoms with Gasteiger partial charge in [-0.25, -0.2) is 0 Å². The molecular formula is C38H23NOS. The summed E-state index contributed by atoms with van der Waals surface area (Å²) < 4.78 is 8.99. The first-order valence-corrected chi connectivity index (χ1v) is 14.7. The van der Waals surface area contributed by atoms with Gasteiger partial charge >= 0.3 is 0 Å². The fourth-order valence-electron chi connectivity index (χ4n) is 6.39. The Hall–Kier alpha value is -5.12. The number of nitrogens with zero attached hydrogens (tertiary/aromatic N) is 1. The summed E-state index contributed by atoms with van der Waals surface area (Å²) in [6.45, 7) is 0. The van der Waals surface area contributed by atoms with E-state index in [0.29, 0.717) is 0 Å². The van der Waals surface area contributed by atoms with E-state index in [1.54, 1.807) is 0 Å². The van der Waals surface area contributed by atoms with Crippen LogP contribution < -0.4 is 4.90 Å². The molecule has 2 aromatic heterocycles. The summed E-state index contributed by atoms with van der Waals surface area (Å²) in [6, 6.07) is 50.0. The normalized spacial score (nSPS) is 11.9. The van der Waals surface area contributed by atoms with E-state index in [0.717, 1.165) is 39.0 Å². The highest BCUT2D eigenvalue weighted by Crippen LogP contribution is 2.45. The van der Waals surface area contributed by atoms with Crippen molar-refractivity contribution in [1.82, 2.24) is 0 Å². The van der Waals surface area contributed by atoms with Crippen molar-refractivity contribution in [2.75, 3.05) is 4.90 Å². The lowest BCUT2D eigenvalue weighted by atomic mass is 9.98. The zero-order chi connectivity index (χ0) is 26.9. The van der Waals surface area contributed by atoms with Crippen molar-refractivity contribution in [3.05, 3.63) is 140 Å². The number of hydrogen-bond acceptors (Lipinski definition) is 3. The van der Waals surface area contributed by atoms with Crippen molar-refractivity contribution < 1.29 is 4.42 Å². The Morgan fingerprint density at radius 2 is 1.17 bits per heavy atom. The Morgan fingerprint density at radius 3 is 2.07 bits per heavy atom. The molecule has 192 valence electrons. The minimum atomic E-state index is 0.891. The van der Waals surface area contributed by atoms with Gasteiger partial charge in [0.15, 0.2) is 0 Å². The van der Waals surface area contributed by atoms with Crippen LogP contribution in [0.5, 0.6) is 0 Å². The minimum Gasteiger partial charge on any atom is -0.456 e. The van der Waals surface area contributed by atoms with E-state index in [-0.39, 0.29) is 0 Å². The third kappa shape index (κ3) is 3.36. The summed E-state index contributed by atoms with van der Waals surface area (Å²) >= 11 is 1.89. The zero-order valence-electron chi connectivity index (χ0n) is 22.0. The topological polar surface area (TPSA) is 16.4 Å². The van der Waals surface area contributed by atoms with Gasteiger partial charge in [-0.15, -0.1) is 11.3 Å². The predicted molar refractivity (Wildman–Crippen MR) is 176 cm³/mol. The maximum Gasteiger partial charge on any atom is 0.137 e. The SMILES string of the molecule is c1ccc(N(c2ccc3c(c2)oc2ccccc23)c2cccc3c2ccc2ccc4c5ccccc5sc4c23)cc1. The molecule has 0 spiro atoms. The first-order valence-electron chi connectivity index (χ1n) is 13.9. The number of benzene rings is 7. The first kappa shape index (κ1) is 22.7. The molecule has 0 saturated heterocycles. The zero-order valence-corrected chi connectivity index (χ0v) is 22.9. The van der Waals surface area contributed by atoms with Gasteiger partial charge < -0.3 is 9.32 Å². The molecule has 0 atom stereocenters. The van der Waals surface area contributed by atoms with Gasteiger partial charge in [0.2, 0.25) is 0 Å². The monoisotopic (exact) mass is 541 g/mol. The number of para-hydroxylation sites is 2. The van der Waals surface area contributed by atoms with Gasteiger partial charge in [0, 0.05) is 59.2 Å². The average Bonchev–Trinajstić information content (AvgIpc) is 3.59. The van der Waals surface area contributed by atoms with Crippen LogP contribution in [-0.2, 0) is 0 Å². The summed E-state index contributed by atoms with van der Waals surface area (Å²) in [4.78, 5) is 2.35. The van der Waals surface area contributed by atoms with Crippen molar-refractivity contribution in [3.63, 3.8) is 0 Å². The number of thiophene rings is 1. The van der Waals surface area contributed by atoms with E-state index < -0.39 is 0 Å². The van der Waals surface area contributed by atoms with E-state index in [1.165, 1.54) is 41.7 Å². The van der Waals surface area contributed by atoms with E-state index in [4.69, 9.17) is 4.42 Å². The average molecular weight is 542 g/mol. The number of anilines is 3. The molecule has 9 rings (SSSR count). The number of rotatable bonds is 3. The van der Waals surface area contributed by atoms with Gasteiger partial charge in [0.05, 0.1) is 5.69 Å². The first-order chi connectivity index (χ1) is 20.3. The van der Waals surface area contributed by atoms with Crippen molar-refractivity contribution in [3.8, 4) is 0 Å². The largest absolute Gasteiger partial charge is 0.456 e. The minimum absolute atomic E-state index is 0.891. The van der Waals surface area contributed by atoms with Crippen molar-refractivity contribution >= 4 is 92.1 Å². The Balaban J connectivity index is 1.34. The van der Waals surface area contributed by atoms with Crippen LogP contribution in [0.3, 0.4) is 0 Å². The van der Waals surface area contributed by atoms with Crippen LogP contribution in [-0.4, -0.2) is 0 Å². The highest BCUT2D eigenvalue weighted by Gasteiger charge is 2.19. The second-order valence-corrected chi connectivity index (χ2v) is 11.6. The molecule has 0 unspecified atom stereocenters. The Kier molecular flexibility index (Phi) is 4.80. The molecule has 0 N–H and O–H groups in total. The predicted octanol–water partition coefficient (Wildman–Crippen LogP) is 11.7. The third-order valence-corrected chi connectivity index (χ3v) is 9.44. The quantitative estimate of drug-likeness (QED) is 0.207. The number of hydrogen-bond donors (Lipinski definition) is 0.